The molecule has 3 rings (SSSR count). The van der Waals surface area contributed by atoms with Crippen molar-refractivity contribution in [3.05, 3.63) is 23.8 Å². The van der Waals surface area contributed by atoms with Gasteiger partial charge in [-0.2, -0.15) is 0 Å². The quantitative estimate of drug-likeness (QED) is 0.622. The van der Waals surface area contributed by atoms with Crippen LogP contribution in [0, 0.1) is 0 Å². The van der Waals surface area contributed by atoms with Crippen LogP contribution in [0.5, 0.6) is 5.75 Å². The van der Waals surface area contributed by atoms with Gasteiger partial charge in [0.2, 0.25) is 10.0 Å². The Morgan fingerprint density at radius 3 is 2.50 bits per heavy atom. The van der Waals surface area contributed by atoms with Crippen molar-refractivity contribution in [2.24, 2.45) is 0 Å². The number of ether oxygens (including phenoxy) is 1. The van der Waals surface area contributed by atoms with Crippen LogP contribution in [0.15, 0.2) is 23.1 Å². The molecule has 0 spiro atoms. The zero-order valence-corrected chi connectivity index (χ0v) is 15.3. The highest BCUT2D eigenvalue weighted by Crippen LogP contribution is 2.35. The number of hydrogen-bond acceptors (Lipinski definition) is 5. The molecule has 0 heterocycles. The Bertz CT molecular complexity index is 828. The van der Waals surface area contributed by atoms with Crippen molar-refractivity contribution in [3.8, 4) is 5.75 Å². The Labute approximate surface area is 152 Å². The first-order valence-corrected chi connectivity index (χ1v) is 9.98. The maximum absolute atomic E-state index is 12.6. The van der Waals surface area contributed by atoms with E-state index >= 15 is 0 Å². The fraction of sp³-hybridized carbons (Fsp3) is 0.529. The third-order valence-corrected chi connectivity index (χ3v) is 6.34. The number of benzene rings is 1. The third-order valence-electron chi connectivity index (χ3n) is 4.79. The van der Waals surface area contributed by atoms with Gasteiger partial charge in [-0.1, -0.05) is 0 Å². The van der Waals surface area contributed by atoms with Gasteiger partial charge in [-0.25, -0.2) is 13.1 Å². The van der Waals surface area contributed by atoms with Gasteiger partial charge in [0.1, 0.15) is 10.6 Å². The fourth-order valence-corrected chi connectivity index (χ4v) is 4.56. The molecule has 0 bridgehead atoms. The van der Waals surface area contributed by atoms with Crippen LogP contribution in [0.1, 0.15) is 48.9 Å². The molecule has 1 aromatic carbocycles. The van der Waals surface area contributed by atoms with Crippen molar-refractivity contribution in [1.82, 2.24) is 10.0 Å². The SMILES string of the molecule is COc1ccc(C(=O)NC2(CC(=O)O)CCC2)cc1S(=O)(=O)NC1CC1. The van der Waals surface area contributed by atoms with E-state index in [2.05, 4.69) is 10.0 Å². The molecule has 0 unspecified atom stereocenters. The molecule has 0 saturated heterocycles. The van der Waals surface area contributed by atoms with Crippen LogP contribution in [0.25, 0.3) is 0 Å². The predicted molar refractivity (Wildman–Crippen MR) is 92.6 cm³/mol. The number of aliphatic carboxylic acids is 1. The van der Waals surface area contributed by atoms with Gasteiger partial charge < -0.3 is 15.2 Å². The number of amides is 1. The lowest BCUT2D eigenvalue weighted by Gasteiger charge is -2.41. The summed E-state index contributed by atoms with van der Waals surface area (Å²) in [5.41, 5.74) is -0.604. The van der Waals surface area contributed by atoms with Gasteiger partial charge in [0.15, 0.2) is 0 Å². The highest BCUT2D eigenvalue weighted by molar-refractivity contribution is 7.89. The molecule has 3 N–H and O–H groups in total. The van der Waals surface area contributed by atoms with E-state index in [0.29, 0.717) is 12.8 Å². The number of nitrogens with one attached hydrogen (secondary N) is 2. The Morgan fingerprint density at radius 1 is 1.31 bits per heavy atom. The molecule has 2 fully saturated rings. The molecule has 8 nitrogen and oxygen atoms in total. The van der Waals surface area contributed by atoms with E-state index in [1.54, 1.807) is 0 Å². The lowest BCUT2D eigenvalue weighted by atomic mass is 9.74. The van der Waals surface area contributed by atoms with Crippen molar-refractivity contribution in [1.29, 1.82) is 0 Å². The van der Waals surface area contributed by atoms with Crippen LogP contribution >= 0.6 is 0 Å². The zero-order chi connectivity index (χ0) is 18.9. The van der Waals surface area contributed by atoms with E-state index in [0.717, 1.165) is 19.3 Å². The molecular weight excluding hydrogens is 360 g/mol. The highest BCUT2D eigenvalue weighted by Gasteiger charge is 2.40. The van der Waals surface area contributed by atoms with Gasteiger partial charge in [0.05, 0.1) is 19.1 Å². The second kappa shape index (κ2) is 6.88. The summed E-state index contributed by atoms with van der Waals surface area (Å²) in [5, 5.41) is 11.8. The molecule has 26 heavy (non-hydrogen) atoms. The van der Waals surface area contributed by atoms with Gasteiger partial charge in [-0.05, 0) is 50.3 Å². The zero-order valence-electron chi connectivity index (χ0n) is 14.4. The van der Waals surface area contributed by atoms with E-state index in [9.17, 15) is 18.0 Å². The number of rotatable bonds is 8. The molecule has 2 saturated carbocycles. The van der Waals surface area contributed by atoms with Crippen molar-refractivity contribution in [2.75, 3.05) is 7.11 Å². The molecule has 2 aliphatic rings. The van der Waals surface area contributed by atoms with E-state index in [4.69, 9.17) is 9.84 Å². The van der Waals surface area contributed by atoms with Crippen LogP contribution < -0.4 is 14.8 Å². The Kier molecular flexibility index (Phi) is 4.94. The summed E-state index contributed by atoms with van der Waals surface area (Å²) in [5.74, 6) is -1.31. The van der Waals surface area contributed by atoms with Crippen LogP contribution in [-0.2, 0) is 14.8 Å². The number of methoxy groups -OCH3 is 1. The number of carboxylic acids is 1. The summed E-state index contributed by atoms with van der Waals surface area (Å²) in [6.45, 7) is 0. The predicted octanol–water partition coefficient (Wildman–Crippen LogP) is 1.26. The molecule has 142 valence electrons. The van der Waals surface area contributed by atoms with Gasteiger partial charge in [-0.15, -0.1) is 0 Å². The van der Waals surface area contributed by atoms with Gasteiger partial charge >= 0.3 is 5.97 Å². The van der Waals surface area contributed by atoms with Crippen LogP contribution in [-0.4, -0.2) is 44.1 Å². The second-order valence-corrected chi connectivity index (χ2v) is 8.60. The maximum Gasteiger partial charge on any atom is 0.305 e. The molecule has 2 aliphatic carbocycles. The number of carbonyl (C=O) groups is 2. The standard InChI is InChI=1S/C17H22N2O6S/c1-25-13-6-3-11(9-14(13)26(23,24)19-12-4-5-12)16(22)18-17(7-2-8-17)10-15(20)21/h3,6,9,12,19H,2,4-5,7-8,10H2,1H3,(H,18,22)(H,20,21). The number of carbonyl (C=O) groups excluding carboxylic acids is 1. The Morgan fingerprint density at radius 2 is 2.00 bits per heavy atom. The molecule has 0 aliphatic heterocycles. The maximum atomic E-state index is 12.6. The topological polar surface area (TPSA) is 122 Å². The smallest absolute Gasteiger partial charge is 0.305 e. The van der Waals surface area contributed by atoms with Crippen LogP contribution in [0.4, 0.5) is 0 Å². The normalized spacial score (nSPS) is 18.7. The lowest BCUT2D eigenvalue weighted by Crippen LogP contribution is -2.54. The molecule has 1 aromatic rings. The summed E-state index contributed by atoms with van der Waals surface area (Å²) >= 11 is 0. The molecule has 0 radical (unpaired) electrons. The summed E-state index contributed by atoms with van der Waals surface area (Å²) in [6.07, 6.45) is 3.47. The van der Waals surface area contributed by atoms with E-state index in [1.807, 2.05) is 0 Å². The van der Waals surface area contributed by atoms with E-state index in [1.165, 1.54) is 25.3 Å². The minimum Gasteiger partial charge on any atom is -0.495 e. The van der Waals surface area contributed by atoms with Gasteiger partial charge in [0.25, 0.3) is 5.91 Å². The van der Waals surface area contributed by atoms with Gasteiger partial charge in [0, 0.05) is 11.6 Å². The average Bonchev–Trinajstić information content (AvgIpc) is 3.34. The van der Waals surface area contributed by atoms with E-state index < -0.39 is 27.4 Å². The third kappa shape index (κ3) is 3.99. The first-order chi connectivity index (χ1) is 12.2. The fourth-order valence-electron chi connectivity index (χ4n) is 3.06. The minimum absolute atomic E-state index is 0.0731. The summed E-state index contributed by atoms with van der Waals surface area (Å²) < 4.78 is 32.8. The van der Waals surface area contributed by atoms with Crippen molar-refractivity contribution in [2.45, 2.75) is 55.0 Å². The number of carboxylic acid groups (broad SMARTS) is 1. The molecule has 9 heteroatoms. The second-order valence-electron chi connectivity index (χ2n) is 6.92. The molecule has 0 atom stereocenters. The molecule has 1 amide bonds. The molecular formula is C17H22N2O6S. The molecule has 0 aromatic heterocycles. The number of hydrogen-bond donors (Lipinski definition) is 3. The van der Waals surface area contributed by atoms with Crippen molar-refractivity contribution >= 4 is 21.9 Å². The highest BCUT2D eigenvalue weighted by atomic mass is 32.2. The monoisotopic (exact) mass is 382 g/mol. The van der Waals surface area contributed by atoms with Crippen molar-refractivity contribution in [3.63, 3.8) is 0 Å². The lowest BCUT2D eigenvalue weighted by molar-refractivity contribution is -0.139. The largest absolute Gasteiger partial charge is 0.495 e. The minimum atomic E-state index is -3.80. The Balaban J connectivity index is 1.84. The van der Waals surface area contributed by atoms with Crippen LogP contribution in [0.2, 0.25) is 0 Å². The van der Waals surface area contributed by atoms with Gasteiger partial charge in [-0.3, -0.25) is 9.59 Å². The first-order valence-electron chi connectivity index (χ1n) is 8.49. The summed E-state index contributed by atoms with van der Waals surface area (Å²) in [4.78, 5) is 23.5. The summed E-state index contributed by atoms with van der Waals surface area (Å²) in [7, 11) is -2.44. The van der Waals surface area contributed by atoms with Crippen molar-refractivity contribution < 1.29 is 27.9 Å². The number of sulfonamides is 1. The Hall–Kier alpha value is -2.13. The van der Waals surface area contributed by atoms with Crippen LogP contribution in [0.3, 0.4) is 0 Å². The average molecular weight is 382 g/mol. The van der Waals surface area contributed by atoms with E-state index in [-0.39, 0.29) is 28.7 Å². The summed E-state index contributed by atoms with van der Waals surface area (Å²) in [6, 6.07) is 4.10. The first kappa shape index (κ1) is 18.7.